The first-order valence-electron chi connectivity index (χ1n) is 9.03. The van der Waals surface area contributed by atoms with E-state index in [1.165, 1.54) is 0 Å². The van der Waals surface area contributed by atoms with Gasteiger partial charge in [0, 0.05) is 38.8 Å². The Kier molecular flexibility index (Phi) is 6.23. The number of rotatable bonds is 5. The van der Waals surface area contributed by atoms with E-state index in [0.29, 0.717) is 12.2 Å². The van der Waals surface area contributed by atoms with Crippen molar-refractivity contribution in [3.63, 3.8) is 0 Å². The van der Waals surface area contributed by atoms with E-state index in [-0.39, 0.29) is 5.91 Å². The fraction of sp³-hybridized carbons (Fsp3) is 0.765. The van der Waals surface area contributed by atoms with Gasteiger partial charge in [-0.25, -0.2) is 0 Å². The third kappa shape index (κ3) is 4.55. The number of aromatic nitrogens is 1. The van der Waals surface area contributed by atoms with Gasteiger partial charge in [-0.3, -0.25) is 9.69 Å². The van der Waals surface area contributed by atoms with Crippen LogP contribution < -0.4 is 0 Å². The monoisotopic (exact) mass is 336 g/mol. The summed E-state index contributed by atoms with van der Waals surface area (Å²) in [5.74, 6) is 0.744. The molecule has 0 saturated carbocycles. The van der Waals surface area contributed by atoms with Crippen LogP contribution in [0.5, 0.6) is 0 Å². The molecule has 1 amide bonds. The topological polar surface area (TPSA) is 62.0 Å². The summed E-state index contributed by atoms with van der Waals surface area (Å²) in [4.78, 5) is 19.3. The van der Waals surface area contributed by atoms with Gasteiger partial charge in [-0.15, -0.1) is 0 Å². The fourth-order valence-electron chi connectivity index (χ4n) is 3.34. The van der Waals surface area contributed by atoms with Gasteiger partial charge in [-0.2, -0.15) is 0 Å². The lowest BCUT2D eigenvalue weighted by molar-refractivity contribution is 0.0305. The van der Waals surface area contributed by atoms with Crippen molar-refractivity contribution >= 4 is 5.91 Å². The number of hydrogen-bond acceptors (Lipinski definition) is 6. The molecule has 0 bridgehead atoms. The second-order valence-corrected chi connectivity index (χ2v) is 6.55. The van der Waals surface area contributed by atoms with Crippen LogP contribution in [0.25, 0.3) is 0 Å². The second kappa shape index (κ2) is 8.60. The summed E-state index contributed by atoms with van der Waals surface area (Å²) in [6.07, 6.45) is 2.17. The Morgan fingerprint density at radius 3 is 2.75 bits per heavy atom. The molecular formula is C17H28N4O3. The lowest BCUT2D eigenvalue weighted by Crippen LogP contribution is -2.36. The molecule has 134 valence electrons. The largest absolute Gasteiger partial charge is 0.379 e. The van der Waals surface area contributed by atoms with Crippen molar-refractivity contribution < 1.29 is 14.1 Å². The van der Waals surface area contributed by atoms with Crippen LogP contribution in [0.15, 0.2) is 10.6 Å². The highest BCUT2D eigenvalue weighted by molar-refractivity contribution is 5.92. The highest BCUT2D eigenvalue weighted by Gasteiger charge is 2.23. The molecule has 3 rings (SSSR count). The minimum Gasteiger partial charge on any atom is -0.379 e. The van der Waals surface area contributed by atoms with Crippen LogP contribution >= 0.6 is 0 Å². The molecule has 24 heavy (non-hydrogen) atoms. The van der Waals surface area contributed by atoms with E-state index in [9.17, 15) is 4.79 Å². The van der Waals surface area contributed by atoms with Crippen molar-refractivity contribution in [2.24, 2.45) is 0 Å². The van der Waals surface area contributed by atoms with Gasteiger partial charge >= 0.3 is 0 Å². The zero-order chi connectivity index (χ0) is 16.8. The van der Waals surface area contributed by atoms with Crippen LogP contribution in [0.2, 0.25) is 0 Å². The predicted octanol–water partition coefficient (Wildman–Crippen LogP) is 1.06. The summed E-state index contributed by atoms with van der Waals surface area (Å²) in [5.41, 5.74) is 0.433. The maximum Gasteiger partial charge on any atom is 0.276 e. The van der Waals surface area contributed by atoms with E-state index >= 15 is 0 Å². The van der Waals surface area contributed by atoms with Crippen molar-refractivity contribution in [2.45, 2.75) is 26.3 Å². The molecule has 7 nitrogen and oxygen atoms in total. The quantitative estimate of drug-likeness (QED) is 0.801. The SMILES string of the molecule is CCCN1CCCN(C(=O)c2cc(CN3CCOCC3)on2)CC1. The maximum absolute atomic E-state index is 12.7. The van der Waals surface area contributed by atoms with Crippen molar-refractivity contribution in [2.75, 3.05) is 59.0 Å². The molecule has 0 aliphatic carbocycles. The average Bonchev–Trinajstić information content (AvgIpc) is 2.93. The first kappa shape index (κ1) is 17.4. The van der Waals surface area contributed by atoms with Crippen LogP contribution in [-0.2, 0) is 11.3 Å². The van der Waals surface area contributed by atoms with Crippen LogP contribution in [0.4, 0.5) is 0 Å². The normalized spacial score (nSPS) is 21.0. The summed E-state index contributed by atoms with van der Waals surface area (Å²) < 4.78 is 10.7. The number of morpholine rings is 1. The molecule has 1 aromatic rings. The van der Waals surface area contributed by atoms with Crippen molar-refractivity contribution in [3.05, 3.63) is 17.5 Å². The van der Waals surface area contributed by atoms with Gasteiger partial charge in [-0.05, 0) is 25.9 Å². The summed E-state index contributed by atoms with van der Waals surface area (Å²) in [6.45, 7) is 10.9. The average molecular weight is 336 g/mol. The van der Waals surface area contributed by atoms with Crippen LogP contribution in [0.1, 0.15) is 36.0 Å². The molecule has 0 aromatic carbocycles. The summed E-state index contributed by atoms with van der Waals surface area (Å²) in [6, 6.07) is 1.80. The number of carbonyl (C=O) groups excluding carboxylic acids is 1. The highest BCUT2D eigenvalue weighted by atomic mass is 16.5. The zero-order valence-electron chi connectivity index (χ0n) is 14.6. The van der Waals surface area contributed by atoms with Gasteiger partial charge < -0.3 is 19.1 Å². The molecule has 2 aliphatic heterocycles. The van der Waals surface area contributed by atoms with E-state index in [0.717, 1.165) is 77.6 Å². The summed E-state index contributed by atoms with van der Waals surface area (Å²) in [7, 11) is 0. The van der Waals surface area contributed by atoms with Crippen LogP contribution in [0.3, 0.4) is 0 Å². The molecule has 1 aromatic heterocycles. The molecule has 7 heteroatoms. The van der Waals surface area contributed by atoms with E-state index < -0.39 is 0 Å². The molecule has 0 spiro atoms. The van der Waals surface area contributed by atoms with Gasteiger partial charge in [-0.1, -0.05) is 12.1 Å². The molecule has 0 N–H and O–H groups in total. The molecule has 2 saturated heterocycles. The number of hydrogen-bond donors (Lipinski definition) is 0. The Balaban J connectivity index is 1.55. The Morgan fingerprint density at radius 2 is 1.96 bits per heavy atom. The first-order chi connectivity index (χ1) is 11.8. The van der Waals surface area contributed by atoms with E-state index in [1.807, 2.05) is 4.90 Å². The fourth-order valence-corrected chi connectivity index (χ4v) is 3.34. The van der Waals surface area contributed by atoms with Crippen LogP contribution in [-0.4, -0.2) is 84.8 Å². The minimum absolute atomic E-state index is 0.00896. The van der Waals surface area contributed by atoms with Gasteiger partial charge in [0.05, 0.1) is 19.8 Å². The number of nitrogens with zero attached hydrogens (tertiary/aromatic N) is 4. The number of ether oxygens (including phenoxy) is 1. The third-order valence-electron chi connectivity index (χ3n) is 4.68. The van der Waals surface area contributed by atoms with Crippen LogP contribution in [0, 0.1) is 0 Å². The van der Waals surface area contributed by atoms with E-state index in [2.05, 4.69) is 21.9 Å². The molecule has 2 aliphatic rings. The van der Waals surface area contributed by atoms with Crippen molar-refractivity contribution in [3.8, 4) is 0 Å². The Hall–Kier alpha value is -1.44. The third-order valence-corrected chi connectivity index (χ3v) is 4.68. The second-order valence-electron chi connectivity index (χ2n) is 6.55. The smallest absolute Gasteiger partial charge is 0.276 e. The van der Waals surface area contributed by atoms with Crippen molar-refractivity contribution in [1.29, 1.82) is 0 Å². The minimum atomic E-state index is -0.00896. The van der Waals surface area contributed by atoms with Gasteiger partial charge in [0.2, 0.25) is 0 Å². The lowest BCUT2D eigenvalue weighted by atomic mass is 10.3. The first-order valence-corrected chi connectivity index (χ1v) is 9.03. The summed E-state index contributed by atoms with van der Waals surface area (Å²) in [5, 5.41) is 4.01. The number of carbonyl (C=O) groups is 1. The predicted molar refractivity (Wildman–Crippen MR) is 89.9 cm³/mol. The standard InChI is InChI=1S/C17H28N4O3/c1-2-4-19-5-3-6-21(8-7-19)17(22)16-13-15(24-18-16)14-20-9-11-23-12-10-20/h13H,2-12,14H2,1H3. The Morgan fingerprint density at radius 1 is 1.12 bits per heavy atom. The number of amides is 1. The Bertz CT molecular complexity index is 528. The maximum atomic E-state index is 12.7. The molecule has 0 atom stereocenters. The highest BCUT2D eigenvalue weighted by Crippen LogP contribution is 2.13. The summed E-state index contributed by atoms with van der Waals surface area (Å²) >= 11 is 0. The van der Waals surface area contributed by atoms with E-state index in [4.69, 9.17) is 9.26 Å². The van der Waals surface area contributed by atoms with Crippen molar-refractivity contribution in [1.82, 2.24) is 19.9 Å². The van der Waals surface area contributed by atoms with Gasteiger partial charge in [0.15, 0.2) is 11.5 Å². The van der Waals surface area contributed by atoms with E-state index in [1.54, 1.807) is 6.07 Å². The molecule has 3 heterocycles. The molecular weight excluding hydrogens is 308 g/mol. The molecule has 0 unspecified atom stereocenters. The lowest BCUT2D eigenvalue weighted by Gasteiger charge is -2.25. The Labute approximate surface area is 143 Å². The molecule has 2 fully saturated rings. The zero-order valence-corrected chi connectivity index (χ0v) is 14.6. The van der Waals surface area contributed by atoms with Gasteiger partial charge in [0.1, 0.15) is 0 Å². The molecule has 0 radical (unpaired) electrons. The van der Waals surface area contributed by atoms with Gasteiger partial charge in [0.25, 0.3) is 5.91 Å².